The van der Waals surface area contributed by atoms with E-state index in [0.29, 0.717) is 5.52 Å². The van der Waals surface area contributed by atoms with Crippen molar-refractivity contribution in [3.63, 3.8) is 0 Å². The Kier molecular flexibility index (Phi) is 5.99. The van der Waals surface area contributed by atoms with Crippen molar-refractivity contribution in [3.8, 4) is 0 Å². The highest BCUT2D eigenvalue weighted by atomic mass is 19.4. The molecule has 0 fully saturated rings. The number of aromatic nitrogens is 2. The molecule has 0 unspecified atom stereocenters. The van der Waals surface area contributed by atoms with Crippen molar-refractivity contribution in [3.05, 3.63) is 107 Å². The van der Waals surface area contributed by atoms with Crippen LogP contribution < -0.4 is 5.32 Å². The Hall–Kier alpha value is -3.95. The van der Waals surface area contributed by atoms with Crippen LogP contribution in [0.1, 0.15) is 38.8 Å². The van der Waals surface area contributed by atoms with Gasteiger partial charge in [-0.05, 0) is 48.0 Å². The van der Waals surface area contributed by atoms with Crippen LogP contribution in [0.4, 0.5) is 26.3 Å². The van der Waals surface area contributed by atoms with Crippen LogP contribution in [0.25, 0.3) is 10.9 Å². The molecule has 4 nitrogen and oxygen atoms in total. The number of carbonyl (C=O) groups is 1. The Balaban J connectivity index is 1.77. The number of hydrogen-bond donors (Lipinski definition) is 1. The molecular weight excluding hydrogens is 460 g/mol. The topological polar surface area (TPSA) is 54.9 Å². The molecule has 0 saturated carbocycles. The standard InChI is InChI=1S/C24H15F6N3O/c25-23(26,27)17-9-7-15(8-10-17)20(21-18(24(28,29)30)4-2-12-32-21)33-22(34)16-6-5-14-3-1-11-31-19(14)13-16/h1-13,20H,(H,33,34)/t20-/m0/s1. The minimum absolute atomic E-state index is 0.00413. The lowest BCUT2D eigenvalue weighted by Crippen LogP contribution is -2.31. The number of nitrogens with one attached hydrogen (secondary N) is 1. The van der Waals surface area contributed by atoms with Crippen LogP contribution >= 0.6 is 0 Å². The number of fused-ring (bicyclic) bond motifs is 1. The van der Waals surface area contributed by atoms with Gasteiger partial charge in [-0.3, -0.25) is 14.8 Å². The van der Waals surface area contributed by atoms with Gasteiger partial charge < -0.3 is 5.32 Å². The first-order valence-electron chi connectivity index (χ1n) is 9.89. The monoisotopic (exact) mass is 475 g/mol. The number of pyridine rings is 2. The molecule has 4 rings (SSSR count). The minimum Gasteiger partial charge on any atom is -0.340 e. The lowest BCUT2D eigenvalue weighted by Gasteiger charge is -2.23. The summed E-state index contributed by atoms with van der Waals surface area (Å²) in [6.45, 7) is 0. The zero-order chi connectivity index (χ0) is 24.5. The molecule has 0 aliphatic rings. The molecule has 0 bridgehead atoms. The maximum Gasteiger partial charge on any atom is 0.418 e. The van der Waals surface area contributed by atoms with E-state index < -0.39 is 41.1 Å². The van der Waals surface area contributed by atoms with Gasteiger partial charge in [0.1, 0.15) is 0 Å². The fourth-order valence-corrected chi connectivity index (χ4v) is 3.48. The summed E-state index contributed by atoms with van der Waals surface area (Å²) in [4.78, 5) is 21.0. The number of benzene rings is 2. The third-order valence-electron chi connectivity index (χ3n) is 5.13. The van der Waals surface area contributed by atoms with Gasteiger partial charge in [-0.1, -0.05) is 24.3 Å². The summed E-state index contributed by atoms with van der Waals surface area (Å²) in [5.41, 5.74) is -2.01. The molecule has 2 aromatic heterocycles. The van der Waals surface area contributed by atoms with Crippen LogP contribution in [0.15, 0.2) is 79.1 Å². The van der Waals surface area contributed by atoms with Gasteiger partial charge in [-0.2, -0.15) is 26.3 Å². The summed E-state index contributed by atoms with van der Waals surface area (Å²) < 4.78 is 80.0. The van der Waals surface area contributed by atoms with Crippen molar-refractivity contribution >= 4 is 16.8 Å². The van der Waals surface area contributed by atoms with Crippen LogP contribution in [-0.4, -0.2) is 15.9 Å². The number of amides is 1. The first kappa shape index (κ1) is 23.2. The zero-order valence-corrected chi connectivity index (χ0v) is 17.2. The Bertz CT molecular complexity index is 1330. The molecule has 2 heterocycles. The molecule has 34 heavy (non-hydrogen) atoms. The smallest absolute Gasteiger partial charge is 0.340 e. The van der Waals surface area contributed by atoms with Gasteiger partial charge in [0.15, 0.2) is 0 Å². The van der Waals surface area contributed by atoms with E-state index >= 15 is 0 Å². The third-order valence-corrected chi connectivity index (χ3v) is 5.13. The summed E-state index contributed by atoms with van der Waals surface area (Å²) in [6.07, 6.45) is -6.78. The zero-order valence-electron chi connectivity index (χ0n) is 17.2. The molecule has 0 saturated heterocycles. The van der Waals surface area contributed by atoms with Gasteiger partial charge in [-0.15, -0.1) is 0 Å². The summed E-state index contributed by atoms with van der Waals surface area (Å²) >= 11 is 0. The molecule has 1 N–H and O–H groups in total. The van der Waals surface area contributed by atoms with E-state index in [0.717, 1.165) is 48.0 Å². The molecule has 0 radical (unpaired) electrons. The second kappa shape index (κ2) is 8.77. The lowest BCUT2D eigenvalue weighted by molar-refractivity contribution is -0.139. The maximum atomic E-state index is 13.7. The highest BCUT2D eigenvalue weighted by Gasteiger charge is 2.37. The third kappa shape index (κ3) is 4.85. The van der Waals surface area contributed by atoms with Crippen LogP contribution in [-0.2, 0) is 12.4 Å². The largest absolute Gasteiger partial charge is 0.418 e. The maximum absolute atomic E-state index is 13.7. The molecule has 2 aromatic carbocycles. The van der Waals surface area contributed by atoms with E-state index in [2.05, 4.69) is 15.3 Å². The molecule has 174 valence electrons. The second-order valence-corrected chi connectivity index (χ2v) is 7.37. The molecule has 0 aliphatic heterocycles. The Morgan fingerprint density at radius 1 is 0.794 bits per heavy atom. The average Bonchev–Trinajstić information content (AvgIpc) is 2.81. The number of rotatable bonds is 4. The van der Waals surface area contributed by atoms with E-state index in [1.165, 1.54) is 18.3 Å². The van der Waals surface area contributed by atoms with Gasteiger partial charge in [0.2, 0.25) is 0 Å². The molecule has 4 aromatic rings. The Morgan fingerprint density at radius 3 is 2.15 bits per heavy atom. The molecular formula is C24H15F6N3O. The Morgan fingerprint density at radius 2 is 1.47 bits per heavy atom. The molecule has 0 spiro atoms. The molecule has 0 aliphatic carbocycles. The van der Waals surface area contributed by atoms with Crippen LogP contribution in [0.2, 0.25) is 0 Å². The number of halogens is 6. The van der Waals surface area contributed by atoms with Crippen molar-refractivity contribution in [2.75, 3.05) is 0 Å². The Labute approximate surface area is 189 Å². The van der Waals surface area contributed by atoms with Gasteiger partial charge in [-0.25, -0.2) is 0 Å². The van der Waals surface area contributed by atoms with Gasteiger partial charge in [0.25, 0.3) is 5.91 Å². The average molecular weight is 475 g/mol. The SMILES string of the molecule is O=C(N[C@@H](c1ccc(C(F)(F)F)cc1)c1ncccc1C(F)(F)F)c1ccc2cccnc2c1. The number of alkyl halides is 6. The van der Waals surface area contributed by atoms with Crippen molar-refractivity contribution in [1.29, 1.82) is 0 Å². The van der Waals surface area contributed by atoms with E-state index in [4.69, 9.17) is 0 Å². The van der Waals surface area contributed by atoms with Crippen molar-refractivity contribution in [2.24, 2.45) is 0 Å². The van der Waals surface area contributed by atoms with Gasteiger partial charge in [0.05, 0.1) is 28.4 Å². The van der Waals surface area contributed by atoms with Crippen LogP contribution in [0.5, 0.6) is 0 Å². The summed E-state index contributed by atoms with van der Waals surface area (Å²) in [5, 5.41) is 3.24. The molecule has 1 atom stereocenters. The van der Waals surface area contributed by atoms with Crippen molar-refractivity contribution < 1.29 is 31.1 Å². The quantitative estimate of drug-likeness (QED) is 0.359. The van der Waals surface area contributed by atoms with E-state index in [1.807, 2.05) is 0 Å². The predicted octanol–water partition coefficient (Wildman–Crippen LogP) is 6.19. The van der Waals surface area contributed by atoms with Gasteiger partial charge >= 0.3 is 12.4 Å². The van der Waals surface area contributed by atoms with Crippen LogP contribution in [0.3, 0.4) is 0 Å². The first-order valence-corrected chi connectivity index (χ1v) is 9.89. The number of carbonyl (C=O) groups excluding carboxylic acids is 1. The summed E-state index contributed by atoms with van der Waals surface area (Å²) in [7, 11) is 0. The summed E-state index contributed by atoms with van der Waals surface area (Å²) in [5.74, 6) is -0.740. The van der Waals surface area contributed by atoms with Crippen LogP contribution in [0, 0.1) is 0 Å². The number of hydrogen-bond acceptors (Lipinski definition) is 3. The predicted molar refractivity (Wildman–Crippen MR) is 112 cm³/mol. The second-order valence-electron chi connectivity index (χ2n) is 7.37. The van der Waals surface area contributed by atoms with E-state index in [1.54, 1.807) is 18.2 Å². The molecule has 10 heteroatoms. The minimum atomic E-state index is -4.80. The number of nitrogens with zero attached hydrogens (tertiary/aromatic N) is 2. The lowest BCUT2D eigenvalue weighted by atomic mass is 9.97. The molecule has 1 amide bonds. The summed E-state index contributed by atoms with van der Waals surface area (Å²) in [6, 6.07) is 12.0. The van der Waals surface area contributed by atoms with E-state index in [-0.39, 0.29) is 11.1 Å². The normalized spacial score (nSPS) is 13.0. The van der Waals surface area contributed by atoms with Crippen molar-refractivity contribution in [1.82, 2.24) is 15.3 Å². The highest BCUT2D eigenvalue weighted by molar-refractivity contribution is 5.98. The first-order chi connectivity index (χ1) is 16.0. The highest BCUT2D eigenvalue weighted by Crippen LogP contribution is 2.36. The fourth-order valence-electron chi connectivity index (χ4n) is 3.48. The van der Waals surface area contributed by atoms with E-state index in [9.17, 15) is 31.1 Å². The van der Waals surface area contributed by atoms with Crippen molar-refractivity contribution in [2.45, 2.75) is 18.4 Å². The van der Waals surface area contributed by atoms with Gasteiger partial charge in [0, 0.05) is 23.3 Å². The fraction of sp³-hybridized carbons (Fsp3) is 0.125.